The maximum Gasteiger partial charge on any atom is 0.251 e. The van der Waals surface area contributed by atoms with Crippen LogP contribution in [0.2, 0.25) is 0 Å². The Bertz CT molecular complexity index is 731. The van der Waals surface area contributed by atoms with Crippen molar-refractivity contribution in [2.75, 3.05) is 19.3 Å². The van der Waals surface area contributed by atoms with E-state index in [1.165, 1.54) is 10.6 Å². The van der Waals surface area contributed by atoms with Gasteiger partial charge in [-0.25, -0.2) is 8.42 Å². The van der Waals surface area contributed by atoms with E-state index in [1.54, 1.807) is 24.3 Å². The first-order valence-corrected chi connectivity index (χ1v) is 9.14. The molecule has 0 spiro atoms. The zero-order valence-corrected chi connectivity index (χ0v) is 13.8. The average molecular weight is 332 g/mol. The highest BCUT2D eigenvalue weighted by Gasteiger charge is 2.17. The number of nitrogens with one attached hydrogen (secondary N) is 1. The standard InChI is InChI=1S/C17H20N2O3S/c1-23(21,22)19(14-15-8-4-2-5-9-15)13-12-18-17(20)16-10-6-3-7-11-16/h2-11H,12-14H2,1H3,(H,18,20). The van der Waals surface area contributed by atoms with Gasteiger partial charge < -0.3 is 5.32 Å². The Kier molecular flexibility index (Phi) is 5.90. The van der Waals surface area contributed by atoms with Crippen molar-refractivity contribution in [1.82, 2.24) is 9.62 Å². The van der Waals surface area contributed by atoms with Crippen molar-refractivity contribution < 1.29 is 13.2 Å². The van der Waals surface area contributed by atoms with Crippen molar-refractivity contribution in [3.05, 3.63) is 71.8 Å². The molecular weight excluding hydrogens is 312 g/mol. The van der Waals surface area contributed by atoms with Crippen LogP contribution in [0, 0.1) is 0 Å². The fourth-order valence-corrected chi connectivity index (χ4v) is 2.94. The minimum atomic E-state index is -3.34. The monoisotopic (exact) mass is 332 g/mol. The molecule has 0 aliphatic carbocycles. The molecule has 0 saturated heterocycles. The molecule has 0 saturated carbocycles. The molecule has 0 bridgehead atoms. The summed E-state index contributed by atoms with van der Waals surface area (Å²) in [6.45, 7) is 0.779. The number of rotatable bonds is 7. The molecule has 122 valence electrons. The molecule has 0 radical (unpaired) electrons. The van der Waals surface area contributed by atoms with Crippen LogP contribution in [0.25, 0.3) is 0 Å². The van der Waals surface area contributed by atoms with E-state index in [0.717, 1.165) is 5.56 Å². The Morgan fingerprint density at radius 1 is 1.00 bits per heavy atom. The van der Waals surface area contributed by atoms with Crippen molar-refractivity contribution >= 4 is 15.9 Å². The fourth-order valence-electron chi connectivity index (χ4n) is 2.13. The van der Waals surface area contributed by atoms with Gasteiger partial charge >= 0.3 is 0 Å². The van der Waals surface area contributed by atoms with Gasteiger partial charge in [-0.05, 0) is 17.7 Å². The first kappa shape index (κ1) is 17.2. The third-order valence-corrected chi connectivity index (χ3v) is 4.60. The van der Waals surface area contributed by atoms with Gasteiger partial charge in [0.15, 0.2) is 0 Å². The lowest BCUT2D eigenvalue weighted by Gasteiger charge is -2.20. The average Bonchev–Trinajstić information content (AvgIpc) is 2.54. The number of hydrogen-bond donors (Lipinski definition) is 1. The molecule has 23 heavy (non-hydrogen) atoms. The Labute approximate surface area is 137 Å². The van der Waals surface area contributed by atoms with Crippen LogP contribution in [-0.4, -0.2) is 38.0 Å². The predicted molar refractivity (Wildman–Crippen MR) is 90.5 cm³/mol. The Balaban J connectivity index is 1.93. The summed E-state index contributed by atoms with van der Waals surface area (Å²) < 4.78 is 25.1. The number of hydrogen-bond acceptors (Lipinski definition) is 3. The largest absolute Gasteiger partial charge is 0.351 e. The quantitative estimate of drug-likeness (QED) is 0.842. The maximum absolute atomic E-state index is 12.0. The summed E-state index contributed by atoms with van der Waals surface area (Å²) in [5, 5.41) is 2.74. The van der Waals surface area contributed by atoms with Crippen LogP contribution >= 0.6 is 0 Å². The number of amides is 1. The lowest BCUT2D eigenvalue weighted by molar-refractivity contribution is 0.0951. The molecule has 0 unspecified atom stereocenters. The molecule has 0 aliphatic rings. The van der Waals surface area contributed by atoms with Gasteiger partial charge in [0.25, 0.3) is 5.91 Å². The molecule has 0 atom stereocenters. The third-order valence-electron chi connectivity index (χ3n) is 3.35. The van der Waals surface area contributed by atoms with Crippen molar-refractivity contribution in [2.24, 2.45) is 0 Å². The molecule has 5 nitrogen and oxygen atoms in total. The number of sulfonamides is 1. The summed E-state index contributed by atoms with van der Waals surface area (Å²) in [4.78, 5) is 12.0. The highest BCUT2D eigenvalue weighted by Crippen LogP contribution is 2.07. The van der Waals surface area contributed by atoms with E-state index in [4.69, 9.17) is 0 Å². The van der Waals surface area contributed by atoms with Gasteiger partial charge in [0, 0.05) is 25.2 Å². The van der Waals surface area contributed by atoms with Crippen LogP contribution < -0.4 is 5.32 Å². The zero-order valence-electron chi connectivity index (χ0n) is 13.0. The minimum absolute atomic E-state index is 0.209. The van der Waals surface area contributed by atoms with Crippen LogP contribution in [0.4, 0.5) is 0 Å². The summed E-state index contributed by atoms with van der Waals surface area (Å²) in [6, 6.07) is 18.2. The fraction of sp³-hybridized carbons (Fsp3) is 0.235. The normalized spacial score (nSPS) is 11.4. The Morgan fingerprint density at radius 2 is 1.57 bits per heavy atom. The SMILES string of the molecule is CS(=O)(=O)N(CCNC(=O)c1ccccc1)Cc1ccccc1. The summed E-state index contributed by atoms with van der Waals surface area (Å²) in [5.41, 5.74) is 1.47. The van der Waals surface area contributed by atoms with E-state index in [9.17, 15) is 13.2 Å². The van der Waals surface area contributed by atoms with Crippen molar-refractivity contribution in [1.29, 1.82) is 0 Å². The molecule has 6 heteroatoms. The molecule has 0 aromatic heterocycles. The van der Waals surface area contributed by atoms with Crippen molar-refractivity contribution in [2.45, 2.75) is 6.54 Å². The van der Waals surface area contributed by atoms with E-state index >= 15 is 0 Å². The van der Waals surface area contributed by atoms with Gasteiger partial charge in [0.2, 0.25) is 10.0 Å². The number of carbonyl (C=O) groups is 1. The number of carbonyl (C=O) groups excluding carboxylic acids is 1. The Morgan fingerprint density at radius 3 is 2.13 bits per heavy atom. The van der Waals surface area contributed by atoms with Gasteiger partial charge in [0.05, 0.1) is 6.26 Å². The second-order valence-corrected chi connectivity index (χ2v) is 7.19. The van der Waals surface area contributed by atoms with E-state index in [0.29, 0.717) is 12.1 Å². The summed E-state index contributed by atoms with van der Waals surface area (Å²) >= 11 is 0. The topological polar surface area (TPSA) is 66.5 Å². The molecule has 0 heterocycles. The van der Waals surface area contributed by atoms with E-state index < -0.39 is 10.0 Å². The highest BCUT2D eigenvalue weighted by atomic mass is 32.2. The van der Waals surface area contributed by atoms with Crippen LogP contribution in [0.15, 0.2) is 60.7 Å². The molecule has 2 aromatic carbocycles. The lowest BCUT2D eigenvalue weighted by atomic mass is 10.2. The second-order valence-electron chi connectivity index (χ2n) is 5.20. The number of benzene rings is 2. The van der Waals surface area contributed by atoms with Crippen molar-refractivity contribution in [3.8, 4) is 0 Å². The first-order valence-electron chi connectivity index (χ1n) is 7.29. The molecule has 1 amide bonds. The second kappa shape index (κ2) is 7.89. The molecular formula is C17H20N2O3S. The van der Waals surface area contributed by atoms with Crippen LogP contribution in [0.5, 0.6) is 0 Å². The third kappa shape index (κ3) is 5.50. The zero-order chi connectivity index (χ0) is 16.7. The predicted octanol–water partition coefficient (Wildman–Crippen LogP) is 1.88. The molecule has 0 aliphatic heterocycles. The molecule has 0 fully saturated rings. The minimum Gasteiger partial charge on any atom is -0.351 e. The van der Waals surface area contributed by atoms with E-state index in [2.05, 4.69) is 5.32 Å². The van der Waals surface area contributed by atoms with Crippen molar-refractivity contribution in [3.63, 3.8) is 0 Å². The molecule has 2 rings (SSSR count). The van der Waals surface area contributed by atoms with Crippen LogP contribution in [-0.2, 0) is 16.6 Å². The lowest BCUT2D eigenvalue weighted by Crippen LogP contribution is -2.37. The van der Waals surface area contributed by atoms with Crippen LogP contribution in [0.1, 0.15) is 15.9 Å². The maximum atomic E-state index is 12.0. The first-order chi connectivity index (χ1) is 11.0. The Hall–Kier alpha value is -2.18. The van der Waals surface area contributed by atoms with Gasteiger partial charge in [-0.3, -0.25) is 4.79 Å². The van der Waals surface area contributed by atoms with E-state index in [-0.39, 0.29) is 19.0 Å². The van der Waals surface area contributed by atoms with Gasteiger partial charge in [-0.1, -0.05) is 48.5 Å². The van der Waals surface area contributed by atoms with Gasteiger partial charge in [-0.15, -0.1) is 0 Å². The summed E-state index contributed by atoms with van der Waals surface area (Å²) in [6.07, 6.45) is 1.18. The summed E-state index contributed by atoms with van der Waals surface area (Å²) in [5.74, 6) is -0.209. The number of nitrogens with zero attached hydrogens (tertiary/aromatic N) is 1. The van der Waals surface area contributed by atoms with Gasteiger partial charge in [-0.2, -0.15) is 4.31 Å². The van der Waals surface area contributed by atoms with E-state index in [1.807, 2.05) is 36.4 Å². The highest BCUT2D eigenvalue weighted by molar-refractivity contribution is 7.88. The smallest absolute Gasteiger partial charge is 0.251 e. The molecule has 2 aromatic rings. The molecule has 1 N–H and O–H groups in total. The van der Waals surface area contributed by atoms with Crippen LogP contribution in [0.3, 0.4) is 0 Å². The summed E-state index contributed by atoms with van der Waals surface area (Å²) in [7, 11) is -3.34. The van der Waals surface area contributed by atoms with Gasteiger partial charge in [0.1, 0.15) is 0 Å².